The molecule has 1 N–H and O–H groups in total. The predicted octanol–water partition coefficient (Wildman–Crippen LogP) is 5.81. The number of rotatable bonds is 10. The molecule has 36 heavy (non-hydrogen) atoms. The van der Waals surface area contributed by atoms with E-state index < -0.39 is 0 Å². The van der Waals surface area contributed by atoms with Crippen molar-refractivity contribution < 1.29 is 14.3 Å². The first kappa shape index (κ1) is 24.0. The van der Waals surface area contributed by atoms with Crippen molar-refractivity contribution in [1.82, 2.24) is 4.98 Å². The summed E-state index contributed by atoms with van der Waals surface area (Å²) in [6.07, 6.45) is 4.56. The molecule has 1 aromatic heterocycles. The van der Waals surface area contributed by atoms with Crippen molar-refractivity contribution >= 4 is 23.2 Å². The number of nitrogens with zero attached hydrogens (tertiary/aromatic N) is 2. The minimum absolute atomic E-state index is 0.0409. The number of benzene rings is 2. The van der Waals surface area contributed by atoms with E-state index in [0.717, 1.165) is 36.9 Å². The molecule has 2 aliphatic rings. The van der Waals surface area contributed by atoms with Gasteiger partial charge in [0.2, 0.25) is 5.91 Å². The number of ether oxygens (including phenoxy) is 1. The van der Waals surface area contributed by atoms with Crippen LogP contribution < -0.4 is 15.0 Å². The number of carbonyl (C=O) groups is 2. The van der Waals surface area contributed by atoms with Crippen LogP contribution in [0.3, 0.4) is 0 Å². The number of aromatic nitrogens is 1. The summed E-state index contributed by atoms with van der Waals surface area (Å²) in [5.41, 5.74) is 4.30. The molecule has 1 saturated carbocycles. The molecule has 1 amide bonds. The Labute approximate surface area is 212 Å². The zero-order valence-electron chi connectivity index (χ0n) is 20.9. The first-order valence-corrected chi connectivity index (χ1v) is 12.8. The zero-order chi connectivity index (χ0) is 25.1. The van der Waals surface area contributed by atoms with Crippen molar-refractivity contribution in [2.75, 3.05) is 29.9 Å². The Kier molecular flexibility index (Phi) is 7.03. The first-order valence-electron chi connectivity index (χ1n) is 12.8. The van der Waals surface area contributed by atoms with Gasteiger partial charge in [0, 0.05) is 49.8 Å². The lowest BCUT2D eigenvalue weighted by Gasteiger charge is -2.41. The van der Waals surface area contributed by atoms with E-state index in [1.54, 1.807) is 18.3 Å². The third kappa shape index (κ3) is 5.93. The highest BCUT2D eigenvalue weighted by atomic mass is 16.5. The van der Waals surface area contributed by atoms with Crippen molar-refractivity contribution in [2.24, 2.45) is 5.92 Å². The van der Waals surface area contributed by atoms with Crippen molar-refractivity contribution in [3.8, 4) is 5.75 Å². The lowest BCUT2D eigenvalue weighted by atomic mass is 9.88. The SMILES string of the molecule is CC(=O)Nc1cc(C(=O)C[C@@H](C)c2ccc(C3CN(c4ccc(OCC5CC5)cc4)C3)cc2)ccn1. The number of anilines is 2. The Bertz CT molecular complexity index is 1210. The normalized spacial score (nSPS) is 16.2. The third-order valence-corrected chi connectivity index (χ3v) is 7.12. The molecule has 5 rings (SSSR count). The van der Waals surface area contributed by atoms with Crippen molar-refractivity contribution in [1.29, 1.82) is 0 Å². The van der Waals surface area contributed by atoms with Crippen LogP contribution in [0.15, 0.2) is 66.9 Å². The van der Waals surface area contributed by atoms with E-state index in [1.807, 2.05) is 0 Å². The second-order valence-corrected chi connectivity index (χ2v) is 10.2. The van der Waals surface area contributed by atoms with Crippen LogP contribution in [0.4, 0.5) is 11.5 Å². The van der Waals surface area contributed by atoms with Crippen LogP contribution in [-0.4, -0.2) is 36.4 Å². The first-order chi connectivity index (χ1) is 17.4. The number of carbonyl (C=O) groups excluding carboxylic acids is 2. The van der Waals surface area contributed by atoms with Gasteiger partial charge in [0.1, 0.15) is 11.6 Å². The van der Waals surface area contributed by atoms with E-state index in [-0.39, 0.29) is 17.6 Å². The number of nitrogens with one attached hydrogen (secondary N) is 1. The smallest absolute Gasteiger partial charge is 0.222 e. The maximum absolute atomic E-state index is 12.8. The van der Waals surface area contributed by atoms with Crippen molar-refractivity contribution in [3.05, 3.63) is 83.6 Å². The van der Waals surface area contributed by atoms with Crippen LogP contribution in [0, 0.1) is 5.92 Å². The molecule has 1 atom stereocenters. The Morgan fingerprint density at radius 1 is 1.06 bits per heavy atom. The number of pyridine rings is 1. The molecule has 0 radical (unpaired) electrons. The van der Waals surface area contributed by atoms with Gasteiger partial charge in [-0.25, -0.2) is 4.98 Å². The van der Waals surface area contributed by atoms with Gasteiger partial charge in [-0.3, -0.25) is 9.59 Å². The van der Waals surface area contributed by atoms with Gasteiger partial charge >= 0.3 is 0 Å². The number of Topliss-reactive ketones (excluding diaryl/α,β-unsaturated/α-hetero) is 1. The van der Waals surface area contributed by atoms with Gasteiger partial charge in [0.15, 0.2) is 5.78 Å². The minimum atomic E-state index is -0.207. The highest BCUT2D eigenvalue weighted by Crippen LogP contribution is 2.34. The fraction of sp³-hybridized carbons (Fsp3) is 0.367. The number of ketones is 1. The summed E-state index contributed by atoms with van der Waals surface area (Å²) < 4.78 is 5.85. The number of amides is 1. The maximum Gasteiger partial charge on any atom is 0.222 e. The summed E-state index contributed by atoms with van der Waals surface area (Å²) in [7, 11) is 0. The fourth-order valence-electron chi connectivity index (χ4n) is 4.62. The lowest BCUT2D eigenvalue weighted by molar-refractivity contribution is -0.114. The molecule has 1 aliphatic carbocycles. The van der Waals surface area contributed by atoms with Gasteiger partial charge in [-0.05, 0) is 72.2 Å². The van der Waals surface area contributed by atoms with E-state index in [1.165, 1.54) is 31.0 Å². The van der Waals surface area contributed by atoms with Gasteiger partial charge in [-0.2, -0.15) is 0 Å². The average Bonchev–Trinajstić information content (AvgIpc) is 3.67. The van der Waals surface area contributed by atoms with Crippen LogP contribution in [-0.2, 0) is 4.79 Å². The Morgan fingerprint density at radius 3 is 2.44 bits per heavy atom. The summed E-state index contributed by atoms with van der Waals surface area (Å²) in [6, 6.07) is 20.5. The molecule has 6 heteroatoms. The highest BCUT2D eigenvalue weighted by molar-refractivity contribution is 5.98. The van der Waals surface area contributed by atoms with Crippen LogP contribution in [0.5, 0.6) is 5.75 Å². The van der Waals surface area contributed by atoms with Gasteiger partial charge in [0.25, 0.3) is 0 Å². The molecule has 0 bridgehead atoms. The standard InChI is InChI=1S/C30H33N3O3/c1-20(15-29(35)25-13-14-31-30(16-25)32-21(2)34)23-5-7-24(8-6-23)26-17-33(18-26)27-9-11-28(12-10-27)36-19-22-3-4-22/h5-14,16,20,22,26H,3-4,15,17-19H2,1-2H3,(H,31,32,34)/t20-/m1/s1. The second kappa shape index (κ2) is 10.5. The molecule has 186 valence electrons. The molecule has 0 unspecified atom stereocenters. The monoisotopic (exact) mass is 483 g/mol. The van der Waals surface area contributed by atoms with Gasteiger partial charge < -0.3 is 15.0 Å². The highest BCUT2D eigenvalue weighted by Gasteiger charge is 2.28. The van der Waals surface area contributed by atoms with Gasteiger partial charge in [-0.15, -0.1) is 0 Å². The molecule has 6 nitrogen and oxygen atoms in total. The molecule has 3 aromatic rings. The van der Waals surface area contributed by atoms with Crippen LogP contribution in [0.2, 0.25) is 0 Å². The molecule has 2 aromatic carbocycles. The van der Waals surface area contributed by atoms with Crippen LogP contribution in [0.1, 0.15) is 66.4 Å². The third-order valence-electron chi connectivity index (χ3n) is 7.12. The summed E-state index contributed by atoms with van der Waals surface area (Å²) in [4.78, 5) is 30.6. The van der Waals surface area contributed by atoms with Crippen molar-refractivity contribution in [2.45, 2.75) is 44.9 Å². The molecule has 2 fully saturated rings. The predicted molar refractivity (Wildman–Crippen MR) is 142 cm³/mol. The molecular formula is C30H33N3O3. The molecule has 1 saturated heterocycles. The van der Waals surface area contributed by atoms with E-state index in [2.05, 4.69) is 70.7 Å². The fourth-order valence-corrected chi connectivity index (χ4v) is 4.62. The maximum atomic E-state index is 12.8. The minimum Gasteiger partial charge on any atom is -0.493 e. The molecule has 2 heterocycles. The number of hydrogen-bond acceptors (Lipinski definition) is 5. The Hall–Kier alpha value is -3.67. The van der Waals surface area contributed by atoms with E-state index in [9.17, 15) is 9.59 Å². The molecule has 1 aliphatic heterocycles. The number of hydrogen-bond donors (Lipinski definition) is 1. The zero-order valence-corrected chi connectivity index (χ0v) is 20.9. The van der Waals surface area contributed by atoms with Crippen LogP contribution >= 0.6 is 0 Å². The van der Waals surface area contributed by atoms with E-state index >= 15 is 0 Å². The average molecular weight is 484 g/mol. The molecular weight excluding hydrogens is 450 g/mol. The van der Waals surface area contributed by atoms with Gasteiger partial charge in [0.05, 0.1) is 6.61 Å². The van der Waals surface area contributed by atoms with Crippen LogP contribution in [0.25, 0.3) is 0 Å². The largest absolute Gasteiger partial charge is 0.493 e. The second-order valence-electron chi connectivity index (χ2n) is 10.2. The summed E-state index contributed by atoms with van der Waals surface area (Å²) in [5.74, 6) is 2.58. The Morgan fingerprint density at radius 2 is 1.78 bits per heavy atom. The Balaban J connectivity index is 1.12. The quantitative estimate of drug-likeness (QED) is 0.369. The van der Waals surface area contributed by atoms with Gasteiger partial charge in [-0.1, -0.05) is 31.2 Å². The molecule has 0 spiro atoms. The van der Waals surface area contributed by atoms with E-state index in [0.29, 0.717) is 23.7 Å². The van der Waals surface area contributed by atoms with Crippen molar-refractivity contribution in [3.63, 3.8) is 0 Å². The summed E-state index contributed by atoms with van der Waals surface area (Å²) in [5, 5.41) is 2.63. The lowest BCUT2D eigenvalue weighted by Crippen LogP contribution is -2.45. The summed E-state index contributed by atoms with van der Waals surface area (Å²) in [6.45, 7) is 6.36. The summed E-state index contributed by atoms with van der Waals surface area (Å²) >= 11 is 0. The topological polar surface area (TPSA) is 71.5 Å². The van der Waals surface area contributed by atoms with E-state index in [4.69, 9.17) is 4.74 Å².